The Balaban J connectivity index is 1.09. The molecule has 53 heavy (non-hydrogen) atoms. The van der Waals surface area contributed by atoms with Gasteiger partial charge in [0, 0.05) is 36.5 Å². The number of anilines is 1. The fourth-order valence-corrected chi connectivity index (χ4v) is 7.58. The minimum atomic E-state index is -2.20. The smallest absolute Gasteiger partial charge is 0.409 e. The number of rotatable bonds is 14. The molecule has 0 saturated heterocycles. The highest BCUT2D eigenvalue weighted by atomic mass is 28.4. The minimum Gasteiger partial charge on any atom is -0.506 e. The highest BCUT2D eigenvalue weighted by molar-refractivity contribution is 6.74. The van der Waals surface area contributed by atoms with Crippen LogP contribution in [0.4, 0.5) is 10.5 Å². The lowest BCUT2D eigenvalue weighted by molar-refractivity contribution is 0.181. The van der Waals surface area contributed by atoms with Gasteiger partial charge >= 0.3 is 6.09 Å². The number of unbranched alkanes of at least 4 members (excludes halogenated alkanes) is 1. The maximum atomic E-state index is 12.1. The number of hydrogen-bond donors (Lipinski definition) is 5. The van der Waals surface area contributed by atoms with Crippen molar-refractivity contribution in [2.75, 3.05) is 11.9 Å². The first-order chi connectivity index (χ1) is 25.3. The lowest BCUT2D eigenvalue weighted by Gasteiger charge is -2.39. The van der Waals surface area contributed by atoms with Crippen molar-refractivity contribution >= 4 is 42.1 Å². The number of carbonyl (C=O) groups is 1. The first-order valence-corrected chi connectivity index (χ1v) is 21.0. The van der Waals surface area contributed by atoms with Crippen LogP contribution in [0.3, 0.4) is 0 Å². The van der Waals surface area contributed by atoms with Crippen molar-refractivity contribution in [2.45, 2.75) is 77.2 Å². The molecule has 0 unspecified atom stereocenters. The van der Waals surface area contributed by atoms with Crippen molar-refractivity contribution in [2.24, 2.45) is 0 Å². The minimum absolute atomic E-state index is 0.0155. The Morgan fingerprint density at radius 3 is 2.45 bits per heavy atom. The summed E-state index contributed by atoms with van der Waals surface area (Å²) in [4.78, 5) is 31.1. The molecule has 0 bridgehead atoms. The van der Waals surface area contributed by atoms with E-state index >= 15 is 0 Å². The van der Waals surface area contributed by atoms with E-state index in [1.54, 1.807) is 12.1 Å². The van der Waals surface area contributed by atoms with Gasteiger partial charge in [0.2, 0.25) is 5.56 Å². The van der Waals surface area contributed by atoms with E-state index < -0.39 is 14.4 Å². The average Bonchev–Trinajstić information content (AvgIpc) is 3.52. The average molecular weight is 733 g/mol. The SMILES string of the molecule is CC(C)(C)[Si](C)(C)O[C@H](CNCc1ccc2nc(CCCCc3ccc(-c4ccccc4)c(NC(=O)O)c3)oc2c1)c1ccc(O)c2[nH]c(=O)ccc12. The molecule has 0 spiro atoms. The summed E-state index contributed by atoms with van der Waals surface area (Å²) in [6, 6.07) is 28.5. The van der Waals surface area contributed by atoms with E-state index in [2.05, 4.69) is 55.5 Å². The summed E-state index contributed by atoms with van der Waals surface area (Å²) in [6.45, 7) is 12.2. The second-order valence-corrected chi connectivity index (χ2v) is 19.8. The van der Waals surface area contributed by atoms with E-state index in [1.165, 1.54) is 6.07 Å². The second kappa shape index (κ2) is 15.8. The highest BCUT2D eigenvalue weighted by Gasteiger charge is 2.39. The third kappa shape index (κ3) is 9.05. The number of oxazole rings is 1. The van der Waals surface area contributed by atoms with Gasteiger partial charge in [0.1, 0.15) is 11.3 Å². The third-order valence-electron chi connectivity index (χ3n) is 10.2. The number of nitrogens with zero attached hydrogens (tertiary/aromatic N) is 1. The maximum Gasteiger partial charge on any atom is 0.409 e. The fraction of sp³-hybridized carbons (Fsp3) is 0.310. The molecule has 0 aliphatic heterocycles. The lowest BCUT2D eigenvalue weighted by Crippen LogP contribution is -2.43. The largest absolute Gasteiger partial charge is 0.506 e. The van der Waals surface area contributed by atoms with Crippen molar-refractivity contribution in [3.63, 3.8) is 0 Å². The molecule has 0 aliphatic rings. The van der Waals surface area contributed by atoms with Crippen molar-refractivity contribution in [3.8, 4) is 16.9 Å². The Hall–Kier alpha value is -5.23. The van der Waals surface area contributed by atoms with Crippen LogP contribution in [0.25, 0.3) is 33.1 Å². The van der Waals surface area contributed by atoms with E-state index in [0.717, 1.165) is 63.6 Å². The lowest BCUT2D eigenvalue weighted by atomic mass is 9.99. The maximum absolute atomic E-state index is 12.1. The number of carboxylic acid groups (broad SMARTS) is 1. The van der Waals surface area contributed by atoms with Crippen LogP contribution in [-0.2, 0) is 23.8 Å². The van der Waals surface area contributed by atoms with Gasteiger partial charge in [-0.2, -0.15) is 0 Å². The molecule has 1 amide bonds. The van der Waals surface area contributed by atoms with E-state index in [1.807, 2.05) is 66.7 Å². The summed E-state index contributed by atoms with van der Waals surface area (Å²) in [5.41, 5.74) is 7.10. The van der Waals surface area contributed by atoms with Crippen LogP contribution in [0.2, 0.25) is 18.1 Å². The summed E-state index contributed by atoms with van der Waals surface area (Å²) < 4.78 is 13.1. The highest BCUT2D eigenvalue weighted by Crippen LogP contribution is 2.41. The Bertz CT molecular complexity index is 2280. The van der Waals surface area contributed by atoms with Crippen LogP contribution in [0.15, 0.2) is 100 Å². The molecule has 11 heteroatoms. The number of aryl methyl sites for hydroxylation is 2. The van der Waals surface area contributed by atoms with Crippen LogP contribution in [0.5, 0.6) is 5.75 Å². The molecule has 6 aromatic rings. The molecule has 2 heterocycles. The van der Waals surface area contributed by atoms with Crippen LogP contribution in [0, 0.1) is 0 Å². The monoisotopic (exact) mass is 732 g/mol. The van der Waals surface area contributed by atoms with Gasteiger partial charge in [0.05, 0.1) is 17.3 Å². The zero-order valence-corrected chi connectivity index (χ0v) is 32.0. The van der Waals surface area contributed by atoms with E-state index in [-0.39, 0.29) is 22.5 Å². The summed E-state index contributed by atoms with van der Waals surface area (Å²) in [7, 11) is -2.20. The summed E-state index contributed by atoms with van der Waals surface area (Å²) in [5.74, 6) is 0.719. The Labute approximate surface area is 310 Å². The van der Waals surface area contributed by atoms with Crippen molar-refractivity contribution in [3.05, 3.63) is 124 Å². The van der Waals surface area contributed by atoms with Gasteiger partial charge in [-0.3, -0.25) is 10.1 Å². The predicted molar refractivity (Wildman–Crippen MR) is 213 cm³/mol. The Morgan fingerprint density at radius 2 is 1.70 bits per heavy atom. The zero-order chi connectivity index (χ0) is 37.8. The topological polar surface area (TPSA) is 150 Å². The van der Waals surface area contributed by atoms with Gasteiger partial charge in [-0.1, -0.05) is 75.4 Å². The Morgan fingerprint density at radius 1 is 0.943 bits per heavy atom. The first kappa shape index (κ1) is 37.5. The van der Waals surface area contributed by atoms with E-state index in [4.69, 9.17) is 13.8 Å². The van der Waals surface area contributed by atoms with Gasteiger partial charge < -0.3 is 29.4 Å². The van der Waals surface area contributed by atoms with Crippen LogP contribution >= 0.6 is 0 Å². The number of phenolic OH excluding ortho intramolecular Hbond substituents is 1. The van der Waals surface area contributed by atoms with Crippen LogP contribution in [0.1, 0.15) is 62.3 Å². The molecule has 0 fully saturated rings. The molecule has 1 atom stereocenters. The molecular weight excluding hydrogens is 685 g/mol. The van der Waals surface area contributed by atoms with Crippen LogP contribution < -0.4 is 16.2 Å². The molecule has 276 valence electrons. The molecule has 2 aromatic heterocycles. The number of pyridine rings is 1. The van der Waals surface area contributed by atoms with Crippen molar-refractivity contribution in [1.82, 2.24) is 15.3 Å². The number of H-pyrrole nitrogens is 1. The first-order valence-electron chi connectivity index (χ1n) is 18.1. The van der Waals surface area contributed by atoms with Gasteiger partial charge in [-0.25, -0.2) is 9.78 Å². The van der Waals surface area contributed by atoms with Gasteiger partial charge in [-0.05, 0) is 90.0 Å². The third-order valence-corrected chi connectivity index (χ3v) is 14.7. The number of nitrogens with one attached hydrogen (secondary N) is 3. The molecular formula is C42H48N4O6Si. The normalized spacial score (nSPS) is 12.7. The number of fused-ring (bicyclic) bond motifs is 2. The van der Waals surface area contributed by atoms with Crippen LogP contribution in [-0.4, -0.2) is 41.1 Å². The standard InChI is InChI=1S/C42H48N4O6Si/c1-42(2,3)53(4,5)52-37(31-18-21-35(47)40-32(31)19-22-38(48)46-40)26-43-25-28-16-20-33-36(24-28)51-39(44-33)14-10-9-11-27-15-17-30(29-12-7-6-8-13-29)34(23-27)45-41(49)50/h6-8,12-13,15-24,37,43,45,47H,9-11,14,25-26H2,1-5H3,(H,46,48)(H,49,50)/t37-/m1/s1. The Kier molecular flexibility index (Phi) is 11.2. The van der Waals surface area contributed by atoms with Gasteiger partial charge in [-0.15, -0.1) is 0 Å². The van der Waals surface area contributed by atoms with Gasteiger partial charge in [0.15, 0.2) is 19.8 Å². The number of aromatic amines is 1. The number of hydrogen-bond acceptors (Lipinski definition) is 7. The second-order valence-electron chi connectivity index (χ2n) is 15.1. The number of phenols is 1. The quantitative estimate of drug-likeness (QED) is 0.0549. The van der Waals surface area contributed by atoms with Gasteiger partial charge in [0.25, 0.3) is 0 Å². The molecule has 0 radical (unpaired) electrons. The molecule has 4 aromatic carbocycles. The summed E-state index contributed by atoms with van der Waals surface area (Å²) >= 11 is 0. The number of aromatic nitrogens is 2. The zero-order valence-electron chi connectivity index (χ0n) is 31.0. The molecule has 0 aliphatic carbocycles. The molecule has 10 nitrogen and oxygen atoms in total. The number of aromatic hydroxyl groups is 1. The predicted octanol–water partition coefficient (Wildman–Crippen LogP) is 9.55. The fourth-order valence-electron chi connectivity index (χ4n) is 6.31. The molecule has 0 saturated carbocycles. The number of amides is 1. The van der Waals surface area contributed by atoms with E-state index in [9.17, 15) is 19.8 Å². The number of benzene rings is 4. The van der Waals surface area contributed by atoms with Crippen molar-refractivity contribution in [1.29, 1.82) is 0 Å². The summed E-state index contributed by atoms with van der Waals surface area (Å²) in [6.07, 6.45) is 1.87. The van der Waals surface area contributed by atoms with Crippen molar-refractivity contribution < 1.29 is 23.9 Å². The molecule has 5 N–H and O–H groups in total. The molecule has 6 rings (SSSR count). The summed E-state index contributed by atoms with van der Waals surface area (Å²) in [5, 5.41) is 26.8. The van der Waals surface area contributed by atoms with E-state index in [0.29, 0.717) is 36.6 Å².